The third-order valence-electron chi connectivity index (χ3n) is 2.55. The van der Waals surface area contributed by atoms with Gasteiger partial charge in [0.05, 0.1) is 6.10 Å². The van der Waals surface area contributed by atoms with Gasteiger partial charge in [-0.05, 0) is 25.2 Å². The maximum Gasteiger partial charge on any atom is 0.0568 e. The van der Waals surface area contributed by atoms with Gasteiger partial charge in [-0.25, -0.2) is 0 Å². The summed E-state index contributed by atoms with van der Waals surface area (Å²) in [4.78, 5) is 0. The number of hydrogen-bond donors (Lipinski definition) is 1. The summed E-state index contributed by atoms with van der Waals surface area (Å²) in [6.07, 6.45) is 7.33. The van der Waals surface area contributed by atoms with Crippen LogP contribution in [0.4, 0.5) is 0 Å². The predicted molar refractivity (Wildman–Crippen MR) is 42.9 cm³/mol. The second-order valence-electron chi connectivity index (χ2n) is 3.40. The first-order chi connectivity index (χ1) is 4.84. The lowest BCUT2D eigenvalue weighted by Gasteiger charge is -2.30. The molecule has 1 N–H and O–H groups in total. The summed E-state index contributed by atoms with van der Waals surface area (Å²) >= 11 is 0. The highest BCUT2D eigenvalue weighted by Crippen LogP contribution is 2.31. The lowest BCUT2D eigenvalue weighted by atomic mass is 9.79. The van der Waals surface area contributed by atoms with Gasteiger partial charge in [0, 0.05) is 0 Å². The van der Waals surface area contributed by atoms with Crippen molar-refractivity contribution >= 4 is 0 Å². The average Bonchev–Trinajstić information content (AvgIpc) is 1.79. The van der Waals surface area contributed by atoms with Crippen molar-refractivity contribution < 1.29 is 5.11 Å². The van der Waals surface area contributed by atoms with Gasteiger partial charge < -0.3 is 5.11 Å². The SMILES string of the molecule is CCCCC(O)C1CCC1. The fourth-order valence-corrected chi connectivity index (χ4v) is 1.47. The maximum absolute atomic E-state index is 9.50. The van der Waals surface area contributed by atoms with Crippen molar-refractivity contribution in [2.45, 2.75) is 51.6 Å². The van der Waals surface area contributed by atoms with Gasteiger partial charge >= 0.3 is 0 Å². The van der Waals surface area contributed by atoms with Gasteiger partial charge in [0.15, 0.2) is 0 Å². The Balaban J connectivity index is 2.02. The van der Waals surface area contributed by atoms with Crippen molar-refractivity contribution in [2.75, 3.05) is 0 Å². The van der Waals surface area contributed by atoms with Crippen molar-refractivity contribution in [2.24, 2.45) is 5.92 Å². The molecule has 1 saturated carbocycles. The Morgan fingerprint density at radius 1 is 1.50 bits per heavy atom. The highest BCUT2D eigenvalue weighted by atomic mass is 16.3. The van der Waals surface area contributed by atoms with Crippen LogP contribution in [0.1, 0.15) is 45.4 Å². The topological polar surface area (TPSA) is 20.2 Å². The summed E-state index contributed by atoms with van der Waals surface area (Å²) in [5.41, 5.74) is 0. The lowest BCUT2D eigenvalue weighted by molar-refractivity contribution is 0.0540. The molecule has 1 rings (SSSR count). The van der Waals surface area contributed by atoms with Crippen LogP contribution in [0.5, 0.6) is 0 Å². The van der Waals surface area contributed by atoms with E-state index in [4.69, 9.17) is 0 Å². The van der Waals surface area contributed by atoms with Gasteiger partial charge in [-0.2, -0.15) is 0 Å². The Morgan fingerprint density at radius 2 is 2.20 bits per heavy atom. The van der Waals surface area contributed by atoms with Crippen LogP contribution in [-0.4, -0.2) is 11.2 Å². The van der Waals surface area contributed by atoms with Crippen molar-refractivity contribution in [3.05, 3.63) is 0 Å². The molecule has 0 bridgehead atoms. The van der Waals surface area contributed by atoms with Crippen molar-refractivity contribution in [3.63, 3.8) is 0 Å². The van der Waals surface area contributed by atoms with Crippen molar-refractivity contribution in [1.29, 1.82) is 0 Å². The highest BCUT2D eigenvalue weighted by Gasteiger charge is 2.24. The molecule has 0 aliphatic heterocycles. The molecule has 1 nitrogen and oxygen atoms in total. The van der Waals surface area contributed by atoms with Crippen molar-refractivity contribution in [3.8, 4) is 0 Å². The molecule has 60 valence electrons. The molecule has 0 aromatic rings. The minimum atomic E-state index is 0.0219. The van der Waals surface area contributed by atoms with Crippen LogP contribution >= 0.6 is 0 Å². The van der Waals surface area contributed by atoms with Crippen LogP contribution in [-0.2, 0) is 0 Å². The molecule has 0 saturated heterocycles. The number of hydrogen-bond acceptors (Lipinski definition) is 1. The molecule has 0 heterocycles. The number of rotatable bonds is 4. The molecular formula is C9H18O. The van der Waals surface area contributed by atoms with Crippen LogP contribution in [0.15, 0.2) is 0 Å². The maximum atomic E-state index is 9.50. The van der Waals surface area contributed by atoms with Crippen LogP contribution in [0.3, 0.4) is 0 Å². The van der Waals surface area contributed by atoms with Crippen LogP contribution in [0.25, 0.3) is 0 Å². The Labute approximate surface area is 63.4 Å². The molecule has 0 spiro atoms. The van der Waals surface area contributed by atoms with E-state index in [1.807, 2.05) is 0 Å². The zero-order valence-corrected chi connectivity index (χ0v) is 6.84. The van der Waals surface area contributed by atoms with E-state index in [1.54, 1.807) is 0 Å². The summed E-state index contributed by atoms with van der Waals surface area (Å²) in [6.45, 7) is 2.17. The van der Waals surface area contributed by atoms with E-state index in [-0.39, 0.29) is 6.10 Å². The van der Waals surface area contributed by atoms with E-state index in [0.717, 1.165) is 6.42 Å². The molecule has 0 aromatic heterocycles. The van der Waals surface area contributed by atoms with E-state index >= 15 is 0 Å². The first-order valence-electron chi connectivity index (χ1n) is 4.52. The van der Waals surface area contributed by atoms with Gasteiger partial charge in [-0.15, -0.1) is 0 Å². The summed E-state index contributed by atoms with van der Waals surface area (Å²) < 4.78 is 0. The highest BCUT2D eigenvalue weighted by molar-refractivity contribution is 4.76. The number of unbranched alkanes of at least 4 members (excludes halogenated alkanes) is 1. The third kappa shape index (κ3) is 1.98. The minimum Gasteiger partial charge on any atom is -0.393 e. The van der Waals surface area contributed by atoms with Gasteiger partial charge in [0.1, 0.15) is 0 Å². The largest absolute Gasteiger partial charge is 0.393 e. The first kappa shape index (κ1) is 8.06. The summed E-state index contributed by atoms with van der Waals surface area (Å²) in [5.74, 6) is 0.659. The Hall–Kier alpha value is -0.0400. The first-order valence-corrected chi connectivity index (χ1v) is 4.52. The minimum absolute atomic E-state index is 0.0219. The monoisotopic (exact) mass is 142 g/mol. The van der Waals surface area contributed by atoms with E-state index in [2.05, 4.69) is 6.92 Å². The molecule has 1 atom stereocenters. The van der Waals surface area contributed by atoms with Gasteiger partial charge in [-0.3, -0.25) is 0 Å². The van der Waals surface area contributed by atoms with Crippen molar-refractivity contribution in [1.82, 2.24) is 0 Å². The number of aliphatic hydroxyl groups excluding tert-OH is 1. The zero-order chi connectivity index (χ0) is 7.40. The van der Waals surface area contributed by atoms with Gasteiger partial charge in [-0.1, -0.05) is 26.2 Å². The smallest absolute Gasteiger partial charge is 0.0568 e. The molecule has 0 aromatic carbocycles. The Kier molecular flexibility index (Phi) is 3.20. The third-order valence-corrected chi connectivity index (χ3v) is 2.55. The second-order valence-corrected chi connectivity index (χ2v) is 3.40. The molecule has 1 unspecified atom stereocenters. The molecule has 0 amide bonds. The Morgan fingerprint density at radius 3 is 2.60 bits per heavy atom. The molecular weight excluding hydrogens is 124 g/mol. The molecule has 1 fully saturated rings. The molecule has 1 aliphatic carbocycles. The fraction of sp³-hybridized carbons (Fsp3) is 1.00. The number of aliphatic hydroxyl groups is 1. The van der Waals surface area contributed by atoms with Crippen LogP contribution in [0, 0.1) is 5.92 Å². The average molecular weight is 142 g/mol. The molecule has 1 heteroatoms. The standard InChI is InChI=1S/C9H18O/c1-2-3-7-9(10)8-5-4-6-8/h8-10H,2-7H2,1H3. The van der Waals surface area contributed by atoms with Crippen LogP contribution < -0.4 is 0 Å². The molecule has 0 radical (unpaired) electrons. The summed E-state index contributed by atoms with van der Waals surface area (Å²) in [5, 5.41) is 9.50. The quantitative estimate of drug-likeness (QED) is 0.638. The van der Waals surface area contributed by atoms with Crippen LogP contribution in [0.2, 0.25) is 0 Å². The zero-order valence-electron chi connectivity index (χ0n) is 6.84. The normalized spacial score (nSPS) is 22.2. The molecule has 1 aliphatic rings. The van der Waals surface area contributed by atoms with E-state index in [1.165, 1.54) is 32.1 Å². The Bertz CT molecular complexity index is 86.7. The van der Waals surface area contributed by atoms with E-state index in [0.29, 0.717) is 5.92 Å². The lowest BCUT2D eigenvalue weighted by Crippen LogP contribution is -2.26. The summed E-state index contributed by atoms with van der Waals surface area (Å²) in [7, 11) is 0. The molecule has 10 heavy (non-hydrogen) atoms. The van der Waals surface area contributed by atoms with Gasteiger partial charge in [0.25, 0.3) is 0 Å². The predicted octanol–water partition coefficient (Wildman–Crippen LogP) is 2.34. The second kappa shape index (κ2) is 3.97. The summed E-state index contributed by atoms with van der Waals surface area (Å²) in [6, 6.07) is 0. The van der Waals surface area contributed by atoms with E-state index in [9.17, 15) is 5.11 Å². The fourth-order valence-electron chi connectivity index (χ4n) is 1.47. The van der Waals surface area contributed by atoms with E-state index < -0.39 is 0 Å². The van der Waals surface area contributed by atoms with Gasteiger partial charge in [0.2, 0.25) is 0 Å².